The Morgan fingerprint density at radius 2 is 1.70 bits per heavy atom. The van der Waals surface area contributed by atoms with E-state index in [-0.39, 0.29) is 34.8 Å². The molecular weight excluding hydrogens is 385 g/mol. The van der Waals surface area contributed by atoms with Crippen LogP contribution in [0.2, 0.25) is 5.02 Å². The van der Waals surface area contributed by atoms with E-state index in [1.165, 1.54) is 0 Å². The van der Waals surface area contributed by atoms with Gasteiger partial charge in [-0.15, -0.1) is 12.4 Å². The lowest BCUT2D eigenvalue weighted by molar-refractivity contribution is 0.0911. The van der Waals surface area contributed by atoms with Gasteiger partial charge in [0.25, 0.3) is 11.8 Å². The molecule has 27 heavy (non-hydrogen) atoms. The topological polar surface area (TPSA) is 84.2 Å². The Hall–Kier alpha value is -2.08. The SMILES string of the molecule is CCC(C)(C)NC(=O)c1ccc(NC(=O)c2ccc(CN)cc2)cc1Cl.Cl. The zero-order chi connectivity index (χ0) is 19.3. The average Bonchev–Trinajstić information content (AvgIpc) is 2.61. The molecule has 0 heterocycles. The number of nitrogens with two attached hydrogens (primary N) is 1. The first-order valence-electron chi connectivity index (χ1n) is 8.48. The molecule has 0 aromatic heterocycles. The van der Waals surface area contributed by atoms with Crippen LogP contribution < -0.4 is 16.4 Å². The Morgan fingerprint density at radius 1 is 1.07 bits per heavy atom. The van der Waals surface area contributed by atoms with Crippen LogP contribution in [0.4, 0.5) is 5.69 Å². The molecule has 0 radical (unpaired) electrons. The highest BCUT2D eigenvalue weighted by atomic mass is 35.5. The number of halogens is 2. The third kappa shape index (κ3) is 6.24. The zero-order valence-corrected chi connectivity index (χ0v) is 17.2. The van der Waals surface area contributed by atoms with Crippen LogP contribution in [0.25, 0.3) is 0 Å². The maximum Gasteiger partial charge on any atom is 0.255 e. The molecule has 0 unspecified atom stereocenters. The summed E-state index contributed by atoms with van der Waals surface area (Å²) in [5.41, 5.74) is 7.61. The van der Waals surface area contributed by atoms with Gasteiger partial charge in [-0.3, -0.25) is 9.59 Å². The van der Waals surface area contributed by atoms with Crippen LogP contribution >= 0.6 is 24.0 Å². The molecule has 0 spiro atoms. The zero-order valence-electron chi connectivity index (χ0n) is 15.6. The first kappa shape index (κ1) is 23.0. The minimum Gasteiger partial charge on any atom is -0.347 e. The van der Waals surface area contributed by atoms with Gasteiger partial charge in [0.15, 0.2) is 0 Å². The third-order valence-electron chi connectivity index (χ3n) is 4.26. The van der Waals surface area contributed by atoms with E-state index < -0.39 is 0 Å². The van der Waals surface area contributed by atoms with E-state index in [0.29, 0.717) is 23.4 Å². The Bertz CT molecular complexity index is 805. The maximum atomic E-state index is 12.4. The fraction of sp³-hybridized carbons (Fsp3) is 0.300. The smallest absolute Gasteiger partial charge is 0.255 e. The van der Waals surface area contributed by atoms with Gasteiger partial charge >= 0.3 is 0 Å². The van der Waals surface area contributed by atoms with Gasteiger partial charge in [0.1, 0.15) is 0 Å². The summed E-state index contributed by atoms with van der Waals surface area (Å²) < 4.78 is 0. The van der Waals surface area contributed by atoms with Gasteiger partial charge in [0, 0.05) is 23.3 Å². The summed E-state index contributed by atoms with van der Waals surface area (Å²) in [5, 5.41) is 6.00. The van der Waals surface area contributed by atoms with E-state index in [9.17, 15) is 9.59 Å². The van der Waals surface area contributed by atoms with E-state index in [0.717, 1.165) is 12.0 Å². The number of hydrogen-bond donors (Lipinski definition) is 3. The van der Waals surface area contributed by atoms with Crippen LogP contribution in [-0.4, -0.2) is 17.4 Å². The van der Waals surface area contributed by atoms with Gasteiger partial charge < -0.3 is 16.4 Å². The summed E-state index contributed by atoms with van der Waals surface area (Å²) in [7, 11) is 0. The normalized spacial score (nSPS) is 10.7. The lowest BCUT2D eigenvalue weighted by Crippen LogP contribution is -2.42. The highest BCUT2D eigenvalue weighted by Gasteiger charge is 2.20. The fourth-order valence-corrected chi connectivity index (χ4v) is 2.50. The molecule has 5 nitrogen and oxygen atoms in total. The van der Waals surface area contributed by atoms with Gasteiger partial charge in [0.05, 0.1) is 10.6 Å². The number of amides is 2. The Kier molecular flexibility index (Phi) is 8.28. The maximum absolute atomic E-state index is 12.4. The largest absolute Gasteiger partial charge is 0.347 e. The quantitative estimate of drug-likeness (QED) is 0.660. The molecule has 7 heteroatoms. The number of benzene rings is 2. The van der Waals surface area contributed by atoms with Gasteiger partial charge in [-0.2, -0.15) is 0 Å². The van der Waals surface area contributed by atoms with E-state index >= 15 is 0 Å². The number of carbonyl (C=O) groups is 2. The second-order valence-electron chi connectivity index (χ2n) is 6.74. The highest BCUT2D eigenvalue weighted by Crippen LogP contribution is 2.22. The van der Waals surface area contributed by atoms with Crippen molar-refractivity contribution in [2.24, 2.45) is 5.73 Å². The highest BCUT2D eigenvalue weighted by molar-refractivity contribution is 6.34. The summed E-state index contributed by atoms with van der Waals surface area (Å²) in [6, 6.07) is 11.9. The summed E-state index contributed by atoms with van der Waals surface area (Å²) in [6.07, 6.45) is 0.799. The Balaban J connectivity index is 0.00000364. The summed E-state index contributed by atoms with van der Waals surface area (Å²) >= 11 is 6.24. The first-order valence-corrected chi connectivity index (χ1v) is 8.86. The van der Waals surface area contributed by atoms with Crippen LogP contribution in [0.3, 0.4) is 0 Å². The van der Waals surface area contributed by atoms with Crippen LogP contribution in [0.15, 0.2) is 42.5 Å². The van der Waals surface area contributed by atoms with Crippen molar-refractivity contribution in [3.05, 3.63) is 64.2 Å². The first-order chi connectivity index (χ1) is 12.3. The van der Waals surface area contributed by atoms with Crippen molar-refractivity contribution in [1.82, 2.24) is 5.32 Å². The minimum absolute atomic E-state index is 0. The van der Waals surface area contributed by atoms with Crippen molar-refractivity contribution < 1.29 is 9.59 Å². The summed E-state index contributed by atoms with van der Waals surface area (Å²) in [6.45, 7) is 6.32. The molecule has 2 rings (SSSR count). The van der Waals surface area contributed by atoms with Crippen molar-refractivity contribution in [2.75, 3.05) is 5.32 Å². The number of rotatable bonds is 6. The van der Waals surface area contributed by atoms with Gasteiger partial charge in [-0.05, 0) is 56.2 Å². The molecule has 0 aliphatic heterocycles. The molecule has 0 bridgehead atoms. The second kappa shape index (κ2) is 9.74. The molecule has 146 valence electrons. The Labute approximate surface area is 171 Å². The van der Waals surface area contributed by atoms with Crippen LogP contribution in [-0.2, 0) is 6.54 Å². The van der Waals surface area contributed by atoms with Crippen molar-refractivity contribution in [3.8, 4) is 0 Å². The number of hydrogen-bond acceptors (Lipinski definition) is 3. The van der Waals surface area contributed by atoms with Crippen LogP contribution in [0.5, 0.6) is 0 Å². The van der Waals surface area contributed by atoms with Crippen LogP contribution in [0, 0.1) is 0 Å². The van der Waals surface area contributed by atoms with Crippen molar-refractivity contribution in [3.63, 3.8) is 0 Å². The number of anilines is 1. The predicted octanol–water partition coefficient (Wildman–Crippen LogP) is 4.39. The molecule has 0 saturated carbocycles. The van der Waals surface area contributed by atoms with E-state index in [1.807, 2.05) is 32.9 Å². The third-order valence-corrected chi connectivity index (χ3v) is 4.57. The molecule has 2 aromatic carbocycles. The summed E-state index contributed by atoms with van der Waals surface area (Å²) in [4.78, 5) is 24.7. The number of carbonyl (C=O) groups excluding carboxylic acids is 2. The molecule has 0 aliphatic carbocycles. The van der Waals surface area contributed by atoms with Crippen molar-refractivity contribution in [2.45, 2.75) is 39.3 Å². The molecule has 2 amide bonds. The molecule has 0 saturated heterocycles. The van der Waals surface area contributed by atoms with Gasteiger partial charge in [-0.1, -0.05) is 30.7 Å². The van der Waals surface area contributed by atoms with Crippen molar-refractivity contribution >= 4 is 41.5 Å². The van der Waals surface area contributed by atoms with Crippen molar-refractivity contribution in [1.29, 1.82) is 0 Å². The minimum atomic E-state index is -0.316. The lowest BCUT2D eigenvalue weighted by atomic mass is 10.0. The predicted molar refractivity (Wildman–Crippen MR) is 113 cm³/mol. The monoisotopic (exact) mass is 409 g/mol. The molecule has 2 aromatic rings. The van der Waals surface area contributed by atoms with Gasteiger partial charge in [0.2, 0.25) is 0 Å². The van der Waals surface area contributed by atoms with E-state index in [1.54, 1.807) is 30.3 Å². The molecule has 0 fully saturated rings. The average molecular weight is 410 g/mol. The molecule has 0 atom stereocenters. The Morgan fingerprint density at radius 3 is 2.22 bits per heavy atom. The second-order valence-corrected chi connectivity index (χ2v) is 7.15. The van der Waals surface area contributed by atoms with Crippen LogP contribution in [0.1, 0.15) is 53.5 Å². The molecule has 0 aliphatic rings. The lowest BCUT2D eigenvalue weighted by Gasteiger charge is -2.24. The fourth-order valence-electron chi connectivity index (χ4n) is 2.24. The summed E-state index contributed by atoms with van der Waals surface area (Å²) in [5.74, 6) is -0.494. The number of nitrogens with one attached hydrogen (secondary N) is 2. The van der Waals surface area contributed by atoms with E-state index in [2.05, 4.69) is 10.6 Å². The van der Waals surface area contributed by atoms with Gasteiger partial charge in [-0.25, -0.2) is 0 Å². The standard InChI is InChI=1S/C20H24ClN3O2.ClH/c1-4-20(2,3)24-19(26)16-10-9-15(11-17(16)21)23-18(25)14-7-5-13(12-22)6-8-14;/h5-11H,4,12,22H2,1-3H3,(H,23,25)(H,24,26);1H. The van der Waals surface area contributed by atoms with E-state index in [4.69, 9.17) is 17.3 Å². The molecular formula is C20H25Cl2N3O2. The molecule has 4 N–H and O–H groups in total.